The molecule has 0 aliphatic carbocycles. The van der Waals surface area contributed by atoms with Crippen molar-refractivity contribution in [3.05, 3.63) is 64.7 Å². The molecule has 2 amide bonds. The van der Waals surface area contributed by atoms with Gasteiger partial charge in [0.2, 0.25) is 5.91 Å². The molecule has 5 nitrogen and oxygen atoms in total. The fraction of sp³-hybridized carbons (Fsp3) is 0.364. The van der Waals surface area contributed by atoms with E-state index < -0.39 is 0 Å². The molecule has 1 saturated heterocycles. The van der Waals surface area contributed by atoms with Gasteiger partial charge in [-0.2, -0.15) is 0 Å². The van der Waals surface area contributed by atoms with Crippen molar-refractivity contribution in [2.45, 2.75) is 25.3 Å². The zero-order valence-corrected chi connectivity index (χ0v) is 16.3. The number of hydrogen-bond acceptors (Lipinski definition) is 3. The highest BCUT2D eigenvalue weighted by Crippen LogP contribution is 2.32. The summed E-state index contributed by atoms with van der Waals surface area (Å²) >= 11 is 5.91. The number of halogens is 1. The molecule has 2 atom stereocenters. The second-order valence-electron chi connectivity index (χ2n) is 7.33. The van der Waals surface area contributed by atoms with Gasteiger partial charge in [0.1, 0.15) is 5.75 Å². The maximum absolute atomic E-state index is 12.9. The van der Waals surface area contributed by atoms with Crippen LogP contribution in [-0.4, -0.2) is 36.4 Å². The van der Waals surface area contributed by atoms with Crippen molar-refractivity contribution >= 4 is 23.4 Å². The van der Waals surface area contributed by atoms with E-state index in [1.54, 1.807) is 29.2 Å². The maximum Gasteiger partial charge on any atom is 0.253 e. The second-order valence-corrected chi connectivity index (χ2v) is 7.77. The standard InChI is InChI=1S/C22H23ClN2O3/c23-17-9-7-15(8-10-17)22(27)25-12-3-4-16(14-25)21(26)24-19-11-13-28-20-6-2-1-5-18(19)20/h1-2,5-10,16,19H,3-4,11-14H2,(H,24,26)/t16-,19+/m0/s1. The number of ether oxygens (including phenoxy) is 1. The number of rotatable bonds is 3. The molecule has 28 heavy (non-hydrogen) atoms. The van der Waals surface area contributed by atoms with Gasteiger partial charge < -0.3 is 15.0 Å². The highest BCUT2D eigenvalue weighted by Gasteiger charge is 2.31. The molecule has 2 heterocycles. The van der Waals surface area contributed by atoms with Gasteiger partial charge in [-0.1, -0.05) is 29.8 Å². The van der Waals surface area contributed by atoms with Gasteiger partial charge >= 0.3 is 0 Å². The van der Waals surface area contributed by atoms with Gasteiger partial charge in [-0.3, -0.25) is 9.59 Å². The Morgan fingerprint density at radius 2 is 1.86 bits per heavy atom. The van der Waals surface area contributed by atoms with E-state index in [4.69, 9.17) is 16.3 Å². The van der Waals surface area contributed by atoms with Crippen molar-refractivity contribution in [2.24, 2.45) is 5.92 Å². The average molecular weight is 399 g/mol. The van der Waals surface area contributed by atoms with E-state index in [0.29, 0.717) is 30.3 Å². The summed E-state index contributed by atoms with van der Waals surface area (Å²) in [5.41, 5.74) is 1.62. The normalized spacial score (nSPS) is 21.4. The number of amides is 2. The van der Waals surface area contributed by atoms with E-state index in [1.165, 1.54) is 0 Å². The van der Waals surface area contributed by atoms with Crippen molar-refractivity contribution in [2.75, 3.05) is 19.7 Å². The number of likely N-dealkylation sites (tertiary alicyclic amines) is 1. The zero-order chi connectivity index (χ0) is 19.5. The Morgan fingerprint density at radius 3 is 2.68 bits per heavy atom. The SMILES string of the molecule is O=C(N[C@@H]1CCOc2ccccc21)[C@H]1CCCN(C(=O)c2ccc(Cl)cc2)C1. The van der Waals surface area contributed by atoms with Crippen LogP contribution in [0, 0.1) is 5.92 Å². The van der Waals surface area contributed by atoms with Crippen molar-refractivity contribution in [1.29, 1.82) is 0 Å². The minimum absolute atomic E-state index is 0.00955. The molecule has 6 heteroatoms. The molecule has 0 radical (unpaired) electrons. The number of carbonyl (C=O) groups excluding carboxylic acids is 2. The Labute approximate surface area is 169 Å². The molecule has 0 spiro atoms. The summed E-state index contributed by atoms with van der Waals surface area (Å²) in [6, 6.07) is 14.7. The Bertz CT molecular complexity index is 868. The van der Waals surface area contributed by atoms with Crippen LogP contribution in [0.25, 0.3) is 0 Å². The van der Waals surface area contributed by atoms with Crippen molar-refractivity contribution in [3.63, 3.8) is 0 Å². The van der Waals surface area contributed by atoms with Crippen LogP contribution in [0.4, 0.5) is 0 Å². The number of benzene rings is 2. The van der Waals surface area contributed by atoms with Crippen LogP contribution in [-0.2, 0) is 4.79 Å². The molecule has 0 bridgehead atoms. The minimum Gasteiger partial charge on any atom is -0.493 e. The Morgan fingerprint density at radius 1 is 1.07 bits per heavy atom. The van der Waals surface area contributed by atoms with Crippen LogP contribution in [0.2, 0.25) is 5.02 Å². The number of hydrogen-bond donors (Lipinski definition) is 1. The van der Waals surface area contributed by atoms with Gasteiger partial charge in [-0.25, -0.2) is 0 Å². The van der Waals surface area contributed by atoms with Gasteiger partial charge in [0.05, 0.1) is 18.6 Å². The predicted molar refractivity (Wildman–Crippen MR) is 108 cm³/mol. The lowest BCUT2D eigenvalue weighted by molar-refractivity contribution is -0.127. The molecule has 1 N–H and O–H groups in total. The number of nitrogens with zero attached hydrogens (tertiary/aromatic N) is 1. The summed E-state index contributed by atoms with van der Waals surface area (Å²) in [6.45, 7) is 1.71. The van der Waals surface area contributed by atoms with Gasteiger partial charge in [0.15, 0.2) is 0 Å². The first-order valence-electron chi connectivity index (χ1n) is 9.69. The maximum atomic E-state index is 12.9. The van der Waals surface area contributed by atoms with E-state index >= 15 is 0 Å². The highest BCUT2D eigenvalue weighted by atomic mass is 35.5. The number of para-hydroxylation sites is 1. The van der Waals surface area contributed by atoms with Crippen LogP contribution >= 0.6 is 11.6 Å². The molecule has 0 saturated carbocycles. The first kappa shape index (κ1) is 18.8. The summed E-state index contributed by atoms with van der Waals surface area (Å²) in [5.74, 6) is 0.600. The highest BCUT2D eigenvalue weighted by molar-refractivity contribution is 6.30. The second kappa shape index (κ2) is 8.23. The van der Waals surface area contributed by atoms with Crippen molar-refractivity contribution < 1.29 is 14.3 Å². The lowest BCUT2D eigenvalue weighted by Crippen LogP contribution is -2.46. The quantitative estimate of drug-likeness (QED) is 0.854. The predicted octanol–water partition coefficient (Wildman–Crippen LogP) is 3.83. The van der Waals surface area contributed by atoms with Gasteiger partial charge in [-0.05, 0) is 43.2 Å². The average Bonchev–Trinajstić information content (AvgIpc) is 2.74. The summed E-state index contributed by atoms with van der Waals surface area (Å²) in [7, 11) is 0. The molecule has 1 fully saturated rings. The fourth-order valence-electron chi connectivity index (χ4n) is 3.93. The van der Waals surface area contributed by atoms with Gasteiger partial charge in [0.25, 0.3) is 5.91 Å². The van der Waals surface area contributed by atoms with E-state index in [2.05, 4.69) is 5.32 Å². The van der Waals surface area contributed by atoms with E-state index in [9.17, 15) is 9.59 Å². The van der Waals surface area contributed by atoms with Crippen LogP contribution in [0.3, 0.4) is 0 Å². The molecule has 4 rings (SSSR count). The largest absolute Gasteiger partial charge is 0.493 e. The van der Waals surface area contributed by atoms with Crippen LogP contribution in [0.1, 0.15) is 41.2 Å². The van der Waals surface area contributed by atoms with Crippen molar-refractivity contribution in [1.82, 2.24) is 10.2 Å². The number of piperidine rings is 1. The lowest BCUT2D eigenvalue weighted by Gasteiger charge is -2.34. The Balaban J connectivity index is 1.41. The smallest absolute Gasteiger partial charge is 0.253 e. The van der Waals surface area contributed by atoms with Crippen LogP contribution in [0.5, 0.6) is 5.75 Å². The number of fused-ring (bicyclic) bond motifs is 1. The zero-order valence-electron chi connectivity index (χ0n) is 15.6. The fourth-order valence-corrected chi connectivity index (χ4v) is 4.06. The van der Waals surface area contributed by atoms with E-state index in [-0.39, 0.29) is 23.8 Å². The summed E-state index contributed by atoms with van der Waals surface area (Å²) in [4.78, 5) is 27.5. The minimum atomic E-state index is -0.194. The number of nitrogens with one attached hydrogen (secondary N) is 1. The Kier molecular flexibility index (Phi) is 5.53. The summed E-state index contributed by atoms with van der Waals surface area (Å²) in [6.07, 6.45) is 2.37. The van der Waals surface area contributed by atoms with Gasteiger partial charge in [-0.15, -0.1) is 0 Å². The lowest BCUT2D eigenvalue weighted by atomic mass is 9.94. The summed E-state index contributed by atoms with van der Waals surface area (Å²) in [5, 5.41) is 3.78. The molecule has 0 aromatic heterocycles. The Hall–Kier alpha value is -2.53. The van der Waals surface area contributed by atoms with E-state index in [0.717, 1.165) is 30.6 Å². The molecule has 146 valence electrons. The molecule has 0 unspecified atom stereocenters. The molecule has 2 aromatic rings. The van der Waals surface area contributed by atoms with Gasteiger partial charge in [0, 0.05) is 35.7 Å². The third-order valence-electron chi connectivity index (χ3n) is 5.45. The molecular formula is C22H23ClN2O3. The molecule has 2 aromatic carbocycles. The molecular weight excluding hydrogens is 376 g/mol. The molecule has 2 aliphatic heterocycles. The number of carbonyl (C=O) groups is 2. The van der Waals surface area contributed by atoms with Crippen LogP contribution in [0.15, 0.2) is 48.5 Å². The summed E-state index contributed by atoms with van der Waals surface area (Å²) < 4.78 is 5.67. The first-order chi connectivity index (χ1) is 13.6. The third kappa shape index (κ3) is 3.99. The molecule has 2 aliphatic rings. The third-order valence-corrected chi connectivity index (χ3v) is 5.70. The first-order valence-corrected chi connectivity index (χ1v) is 10.1. The van der Waals surface area contributed by atoms with Crippen molar-refractivity contribution in [3.8, 4) is 5.75 Å². The van der Waals surface area contributed by atoms with Crippen LogP contribution < -0.4 is 10.1 Å². The topological polar surface area (TPSA) is 58.6 Å². The monoisotopic (exact) mass is 398 g/mol. The van der Waals surface area contributed by atoms with E-state index in [1.807, 2.05) is 24.3 Å².